The quantitative estimate of drug-likeness (QED) is 0.683. The van der Waals surface area contributed by atoms with E-state index in [9.17, 15) is 13.2 Å². The number of sulfone groups is 1. The third-order valence-corrected chi connectivity index (χ3v) is 6.83. The van der Waals surface area contributed by atoms with E-state index < -0.39 is 9.84 Å². The second-order valence-electron chi connectivity index (χ2n) is 6.95. The molecule has 1 saturated heterocycles. The molecular weight excluding hydrogens is 386 g/mol. The number of carbonyl (C=O) groups excluding carboxylic acids is 1. The summed E-state index contributed by atoms with van der Waals surface area (Å²) in [4.78, 5) is 14.4. The van der Waals surface area contributed by atoms with Gasteiger partial charge in [0.1, 0.15) is 11.5 Å². The minimum atomic E-state index is -3.07. The average molecular weight is 410 g/mol. The van der Waals surface area contributed by atoms with Crippen LogP contribution in [0, 0.1) is 0 Å². The van der Waals surface area contributed by atoms with Crippen molar-refractivity contribution >= 4 is 27.3 Å². The molecule has 2 heterocycles. The van der Waals surface area contributed by atoms with Crippen LogP contribution in [-0.2, 0) is 21.2 Å². The molecule has 1 aromatic carbocycles. The largest absolute Gasteiger partial charge is 0.459 e. The van der Waals surface area contributed by atoms with Crippen LogP contribution >= 0.6 is 11.6 Å². The molecule has 1 atom stereocenters. The van der Waals surface area contributed by atoms with Crippen LogP contribution in [0.3, 0.4) is 0 Å². The van der Waals surface area contributed by atoms with E-state index in [4.69, 9.17) is 16.0 Å². The van der Waals surface area contributed by atoms with E-state index >= 15 is 0 Å². The van der Waals surface area contributed by atoms with Gasteiger partial charge in [0.05, 0.1) is 18.1 Å². The molecule has 2 aromatic rings. The van der Waals surface area contributed by atoms with Crippen LogP contribution in [0.1, 0.15) is 38.4 Å². The molecule has 0 unspecified atom stereocenters. The Hall–Kier alpha value is -1.79. The summed E-state index contributed by atoms with van der Waals surface area (Å²) in [7, 11) is -3.07. The molecule has 0 N–H and O–H groups in total. The molecule has 7 heteroatoms. The lowest BCUT2D eigenvalue weighted by atomic mass is 10.1. The molecule has 1 aromatic heterocycles. The van der Waals surface area contributed by atoms with E-state index in [-0.39, 0.29) is 30.0 Å². The Bertz CT molecular complexity index is 889. The van der Waals surface area contributed by atoms with Gasteiger partial charge in [-0.25, -0.2) is 8.42 Å². The number of benzene rings is 1. The second-order valence-corrected chi connectivity index (χ2v) is 9.62. The van der Waals surface area contributed by atoms with Gasteiger partial charge in [-0.3, -0.25) is 4.79 Å². The van der Waals surface area contributed by atoms with E-state index in [1.807, 2.05) is 31.2 Å². The first-order valence-corrected chi connectivity index (χ1v) is 11.4. The molecule has 1 aliphatic rings. The Morgan fingerprint density at radius 3 is 2.59 bits per heavy atom. The number of carbonyl (C=O) groups is 1. The zero-order valence-corrected chi connectivity index (χ0v) is 16.9. The monoisotopic (exact) mass is 409 g/mol. The summed E-state index contributed by atoms with van der Waals surface area (Å²) in [6.07, 6.45) is 2.63. The number of nitrogens with zero attached hydrogens (tertiary/aromatic N) is 1. The van der Waals surface area contributed by atoms with E-state index in [1.165, 1.54) is 0 Å². The topological polar surface area (TPSA) is 67.6 Å². The zero-order chi connectivity index (χ0) is 19.4. The Kier molecular flexibility index (Phi) is 6.27. The fourth-order valence-electron chi connectivity index (χ4n) is 3.31. The standard InChI is InChI=1S/C20H24ClNO4S/c1-2-3-4-20(23)22(17-11-12-27(24,25)14-17)13-18-9-10-19(26-18)15-5-7-16(21)8-6-15/h5-10,17H,2-4,11-14H2,1H3/t17-/m1/s1. The number of halogens is 1. The Morgan fingerprint density at radius 1 is 1.22 bits per heavy atom. The lowest BCUT2D eigenvalue weighted by Gasteiger charge is -2.27. The van der Waals surface area contributed by atoms with Gasteiger partial charge < -0.3 is 9.32 Å². The molecule has 0 bridgehead atoms. The van der Waals surface area contributed by atoms with Gasteiger partial charge in [-0.1, -0.05) is 24.9 Å². The van der Waals surface area contributed by atoms with Crippen LogP contribution in [0.15, 0.2) is 40.8 Å². The maximum Gasteiger partial charge on any atom is 0.223 e. The van der Waals surface area contributed by atoms with Crippen molar-refractivity contribution in [2.75, 3.05) is 11.5 Å². The Labute approximate surface area is 165 Å². The van der Waals surface area contributed by atoms with Crippen molar-refractivity contribution in [3.63, 3.8) is 0 Å². The van der Waals surface area contributed by atoms with Crippen molar-refractivity contribution in [2.45, 2.75) is 45.2 Å². The predicted octanol–water partition coefficient (Wildman–Crippen LogP) is 4.31. The summed E-state index contributed by atoms with van der Waals surface area (Å²) in [6.45, 7) is 2.32. The summed E-state index contributed by atoms with van der Waals surface area (Å²) < 4.78 is 29.7. The van der Waals surface area contributed by atoms with Crippen LogP contribution < -0.4 is 0 Å². The lowest BCUT2D eigenvalue weighted by Crippen LogP contribution is -2.40. The Morgan fingerprint density at radius 2 is 1.96 bits per heavy atom. The van der Waals surface area contributed by atoms with Crippen molar-refractivity contribution in [2.24, 2.45) is 0 Å². The van der Waals surface area contributed by atoms with E-state index in [0.717, 1.165) is 18.4 Å². The van der Waals surface area contributed by atoms with Gasteiger partial charge in [0.2, 0.25) is 5.91 Å². The molecule has 5 nitrogen and oxygen atoms in total. The van der Waals surface area contributed by atoms with Gasteiger partial charge in [-0.15, -0.1) is 0 Å². The molecule has 0 aliphatic carbocycles. The number of unbranched alkanes of at least 4 members (excludes halogenated alkanes) is 1. The number of amides is 1. The highest BCUT2D eigenvalue weighted by atomic mass is 35.5. The van der Waals surface area contributed by atoms with Gasteiger partial charge in [-0.05, 0) is 49.2 Å². The highest BCUT2D eigenvalue weighted by Crippen LogP contribution is 2.26. The van der Waals surface area contributed by atoms with Gasteiger partial charge in [-0.2, -0.15) is 0 Å². The molecule has 0 saturated carbocycles. The SMILES string of the molecule is CCCCC(=O)N(Cc1ccc(-c2ccc(Cl)cc2)o1)[C@@H]1CCS(=O)(=O)C1. The summed E-state index contributed by atoms with van der Waals surface area (Å²) in [5, 5.41) is 0.653. The van der Waals surface area contributed by atoms with Crippen LogP contribution in [-0.4, -0.2) is 36.8 Å². The minimum Gasteiger partial charge on any atom is -0.459 e. The van der Waals surface area contributed by atoms with Crippen molar-refractivity contribution in [1.82, 2.24) is 4.90 Å². The van der Waals surface area contributed by atoms with Crippen LogP contribution in [0.4, 0.5) is 0 Å². The number of furan rings is 1. The molecule has 27 heavy (non-hydrogen) atoms. The third kappa shape index (κ3) is 5.14. The fraction of sp³-hybridized carbons (Fsp3) is 0.450. The normalized spacial score (nSPS) is 18.5. The van der Waals surface area contributed by atoms with Gasteiger partial charge >= 0.3 is 0 Å². The van der Waals surface area contributed by atoms with Crippen molar-refractivity contribution in [3.05, 3.63) is 47.2 Å². The molecule has 3 rings (SSSR count). The maximum atomic E-state index is 12.7. The first-order chi connectivity index (χ1) is 12.9. The molecule has 0 radical (unpaired) electrons. The van der Waals surface area contributed by atoms with Crippen LogP contribution in [0.2, 0.25) is 5.02 Å². The first-order valence-electron chi connectivity index (χ1n) is 9.22. The smallest absolute Gasteiger partial charge is 0.223 e. The summed E-state index contributed by atoms with van der Waals surface area (Å²) in [6, 6.07) is 10.8. The minimum absolute atomic E-state index is 0.0107. The highest BCUT2D eigenvalue weighted by Gasteiger charge is 2.34. The van der Waals surface area contributed by atoms with Crippen LogP contribution in [0.5, 0.6) is 0 Å². The summed E-state index contributed by atoms with van der Waals surface area (Å²) in [5.41, 5.74) is 0.901. The third-order valence-electron chi connectivity index (χ3n) is 4.83. The molecule has 146 valence electrons. The average Bonchev–Trinajstić information content (AvgIpc) is 3.24. The maximum absolute atomic E-state index is 12.7. The summed E-state index contributed by atoms with van der Waals surface area (Å²) in [5.74, 6) is 1.51. The molecule has 1 amide bonds. The van der Waals surface area contributed by atoms with Crippen molar-refractivity contribution in [1.29, 1.82) is 0 Å². The van der Waals surface area contributed by atoms with E-state index in [0.29, 0.717) is 29.4 Å². The number of rotatable bonds is 7. The first kappa shape index (κ1) is 20.0. The van der Waals surface area contributed by atoms with E-state index in [2.05, 4.69) is 0 Å². The Balaban J connectivity index is 1.77. The van der Waals surface area contributed by atoms with Crippen molar-refractivity contribution < 1.29 is 17.6 Å². The van der Waals surface area contributed by atoms with Crippen molar-refractivity contribution in [3.8, 4) is 11.3 Å². The molecule has 1 fully saturated rings. The van der Waals surface area contributed by atoms with Gasteiger partial charge in [0, 0.05) is 23.0 Å². The van der Waals surface area contributed by atoms with Gasteiger partial charge in [0.25, 0.3) is 0 Å². The van der Waals surface area contributed by atoms with E-state index in [1.54, 1.807) is 17.0 Å². The van der Waals surface area contributed by atoms with Crippen LogP contribution in [0.25, 0.3) is 11.3 Å². The molecular formula is C20H24ClNO4S. The fourth-order valence-corrected chi connectivity index (χ4v) is 5.17. The summed E-state index contributed by atoms with van der Waals surface area (Å²) >= 11 is 5.92. The highest BCUT2D eigenvalue weighted by molar-refractivity contribution is 7.91. The number of hydrogen-bond donors (Lipinski definition) is 0. The second kappa shape index (κ2) is 8.48. The lowest BCUT2D eigenvalue weighted by molar-refractivity contribution is -0.134. The van der Waals surface area contributed by atoms with Gasteiger partial charge in [0.15, 0.2) is 9.84 Å². The molecule has 1 aliphatic heterocycles. The predicted molar refractivity (Wildman–Crippen MR) is 106 cm³/mol. The number of hydrogen-bond acceptors (Lipinski definition) is 4. The zero-order valence-electron chi connectivity index (χ0n) is 15.4. The molecule has 0 spiro atoms.